The van der Waals surface area contributed by atoms with Crippen molar-refractivity contribution >= 4 is 21.6 Å². The van der Waals surface area contributed by atoms with Crippen LogP contribution in [0.4, 0.5) is 4.39 Å². The third-order valence-corrected chi connectivity index (χ3v) is 5.86. The molecule has 6 nitrogen and oxygen atoms in total. The highest BCUT2D eigenvalue weighted by Crippen LogP contribution is 2.32. The third-order valence-electron chi connectivity index (χ3n) is 4.99. The summed E-state index contributed by atoms with van der Waals surface area (Å²) in [6.07, 6.45) is 0. The summed E-state index contributed by atoms with van der Waals surface area (Å²) in [4.78, 5) is 23.1. The Kier molecular flexibility index (Phi) is 6.01. The van der Waals surface area contributed by atoms with E-state index in [0.717, 1.165) is 16.7 Å². The van der Waals surface area contributed by atoms with Crippen LogP contribution in [0.1, 0.15) is 11.4 Å². The van der Waals surface area contributed by atoms with Gasteiger partial charge in [0, 0.05) is 23.1 Å². The average Bonchev–Trinajstić information content (AvgIpc) is 3.18. The normalized spacial score (nSPS) is 11.3. The Hall–Kier alpha value is -3.23. The van der Waals surface area contributed by atoms with Gasteiger partial charge in [-0.05, 0) is 30.8 Å². The number of H-pyrrole nitrogens is 1. The number of nitrogens with zero attached hydrogens (tertiary/aromatic N) is 2. The van der Waals surface area contributed by atoms with Crippen molar-refractivity contribution in [3.63, 3.8) is 0 Å². The number of hydrogen-bond acceptors (Lipinski definition) is 6. The van der Waals surface area contributed by atoms with Crippen LogP contribution in [-0.2, 0) is 13.1 Å². The van der Waals surface area contributed by atoms with E-state index >= 15 is 0 Å². The van der Waals surface area contributed by atoms with Gasteiger partial charge in [0.15, 0.2) is 11.5 Å². The summed E-state index contributed by atoms with van der Waals surface area (Å²) in [6.45, 7) is 1.04. The lowest BCUT2D eigenvalue weighted by molar-refractivity contribution is 0.297. The number of nitrogens with one attached hydrogen (secondary N) is 1. The van der Waals surface area contributed by atoms with Gasteiger partial charge in [-0.15, -0.1) is 11.3 Å². The second-order valence-electron chi connectivity index (χ2n) is 7.17. The fourth-order valence-corrected chi connectivity index (χ4v) is 4.56. The third kappa shape index (κ3) is 4.30. The van der Waals surface area contributed by atoms with Gasteiger partial charge < -0.3 is 14.5 Å². The number of benzene rings is 2. The van der Waals surface area contributed by atoms with Gasteiger partial charge >= 0.3 is 0 Å². The molecule has 0 fully saturated rings. The number of aromatic nitrogens is 2. The molecule has 0 saturated heterocycles. The van der Waals surface area contributed by atoms with Crippen molar-refractivity contribution in [2.45, 2.75) is 13.1 Å². The van der Waals surface area contributed by atoms with E-state index in [-0.39, 0.29) is 11.4 Å². The number of ether oxygens (including phenoxy) is 2. The Morgan fingerprint density at radius 1 is 1.10 bits per heavy atom. The van der Waals surface area contributed by atoms with Crippen LogP contribution in [-0.4, -0.2) is 36.1 Å². The van der Waals surface area contributed by atoms with Gasteiger partial charge in [0.05, 0.1) is 26.2 Å². The summed E-state index contributed by atoms with van der Waals surface area (Å²) in [5.74, 6) is 1.63. The number of hydrogen-bond donors (Lipinski definition) is 1. The molecule has 160 valence electrons. The fourth-order valence-electron chi connectivity index (χ4n) is 3.59. The summed E-state index contributed by atoms with van der Waals surface area (Å²) in [6, 6.07) is 11.8. The molecule has 2 aromatic heterocycles. The number of fused-ring (bicyclic) bond motifs is 1. The molecule has 0 unspecified atom stereocenters. The van der Waals surface area contributed by atoms with Crippen molar-refractivity contribution in [2.24, 2.45) is 0 Å². The van der Waals surface area contributed by atoms with E-state index in [2.05, 4.69) is 9.97 Å². The maximum atomic E-state index is 13.2. The molecule has 0 aliphatic heterocycles. The average molecular weight is 440 g/mol. The van der Waals surface area contributed by atoms with Gasteiger partial charge in [0.1, 0.15) is 16.5 Å². The molecule has 0 saturated carbocycles. The van der Waals surface area contributed by atoms with E-state index in [1.807, 2.05) is 35.5 Å². The van der Waals surface area contributed by atoms with Crippen LogP contribution in [0, 0.1) is 5.82 Å². The van der Waals surface area contributed by atoms with Crippen LogP contribution in [0.15, 0.2) is 52.6 Å². The first-order valence-electron chi connectivity index (χ1n) is 9.65. The maximum Gasteiger partial charge on any atom is 0.260 e. The highest BCUT2D eigenvalue weighted by molar-refractivity contribution is 7.17. The second kappa shape index (κ2) is 8.87. The topological polar surface area (TPSA) is 67.5 Å². The minimum atomic E-state index is -0.312. The smallest absolute Gasteiger partial charge is 0.260 e. The van der Waals surface area contributed by atoms with Gasteiger partial charge in [-0.2, -0.15) is 0 Å². The van der Waals surface area contributed by atoms with Gasteiger partial charge in [-0.1, -0.05) is 24.3 Å². The van der Waals surface area contributed by atoms with Crippen LogP contribution in [0.3, 0.4) is 0 Å². The van der Waals surface area contributed by atoms with E-state index < -0.39 is 0 Å². The van der Waals surface area contributed by atoms with Gasteiger partial charge in [-0.25, -0.2) is 9.37 Å². The van der Waals surface area contributed by atoms with Gasteiger partial charge in [-0.3, -0.25) is 9.69 Å². The molecule has 2 aromatic carbocycles. The molecule has 0 spiro atoms. The molecule has 8 heteroatoms. The van der Waals surface area contributed by atoms with Crippen LogP contribution in [0.2, 0.25) is 0 Å². The van der Waals surface area contributed by atoms with Crippen LogP contribution < -0.4 is 15.0 Å². The number of aromatic amines is 1. The van der Waals surface area contributed by atoms with Crippen molar-refractivity contribution < 1.29 is 13.9 Å². The van der Waals surface area contributed by atoms with Gasteiger partial charge in [0.2, 0.25) is 0 Å². The predicted octanol–water partition coefficient (Wildman–Crippen LogP) is 4.44. The first-order valence-corrected chi connectivity index (χ1v) is 10.5. The van der Waals surface area contributed by atoms with Crippen molar-refractivity contribution in [2.75, 3.05) is 21.3 Å². The van der Waals surface area contributed by atoms with E-state index in [4.69, 9.17) is 9.47 Å². The number of halogens is 1. The first-order chi connectivity index (χ1) is 15.0. The fraction of sp³-hybridized carbons (Fsp3) is 0.217. The monoisotopic (exact) mass is 439 g/mol. The molecule has 4 aromatic rings. The van der Waals surface area contributed by atoms with Crippen molar-refractivity contribution in [3.8, 4) is 22.6 Å². The molecule has 0 radical (unpaired) electrons. The minimum Gasteiger partial charge on any atom is -0.493 e. The number of methoxy groups -OCH3 is 2. The SMILES string of the molecule is COc1cccc(CN(C)Cc2nc3scc(-c4ccc(F)cc4)c3c(=O)[nH]2)c1OC. The molecule has 0 aliphatic rings. The van der Waals surface area contributed by atoms with Crippen molar-refractivity contribution in [1.29, 1.82) is 0 Å². The summed E-state index contributed by atoms with van der Waals surface area (Å²) in [7, 11) is 5.17. The lowest BCUT2D eigenvalue weighted by Crippen LogP contribution is -2.22. The van der Waals surface area contributed by atoms with Gasteiger partial charge in [0.25, 0.3) is 5.56 Å². The molecule has 0 amide bonds. The number of rotatable bonds is 7. The quantitative estimate of drug-likeness (QED) is 0.461. The molecule has 4 rings (SSSR count). The first kappa shape index (κ1) is 21.0. The molecular weight excluding hydrogens is 417 g/mol. The number of para-hydroxylation sites is 1. The lowest BCUT2D eigenvalue weighted by Gasteiger charge is -2.19. The molecule has 0 atom stereocenters. The highest BCUT2D eigenvalue weighted by Gasteiger charge is 2.15. The predicted molar refractivity (Wildman–Crippen MR) is 120 cm³/mol. The second-order valence-corrected chi connectivity index (χ2v) is 8.03. The molecular formula is C23H22FN3O3S. The lowest BCUT2D eigenvalue weighted by atomic mass is 10.1. The van der Waals surface area contributed by atoms with Crippen LogP contribution in [0.25, 0.3) is 21.3 Å². The Labute approximate surface area is 182 Å². The molecule has 1 N–H and O–H groups in total. The molecule has 0 bridgehead atoms. The van der Waals surface area contributed by atoms with Crippen molar-refractivity contribution in [1.82, 2.24) is 14.9 Å². The van der Waals surface area contributed by atoms with Crippen LogP contribution >= 0.6 is 11.3 Å². The summed E-state index contributed by atoms with van der Waals surface area (Å²) < 4.78 is 24.1. The van der Waals surface area contributed by atoms with E-state index in [0.29, 0.717) is 40.6 Å². The highest BCUT2D eigenvalue weighted by atomic mass is 32.1. The zero-order valence-electron chi connectivity index (χ0n) is 17.4. The zero-order chi connectivity index (χ0) is 22.0. The Morgan fingerprint density at radius 2 is 1.87 bits per heavy atom. The Morgan fingerprint density at radius 3 is 2.58 bits per heavy atom. The summed E-state index contributed by atoms with van der Waals surface area (Å²) >= 11 is 1.40. The zero-order valence-corrected chi connectivity index (χ0v) is 18.3. The summed E-state index contributed by atoms with van der Waals surface area (Å²) in [5.41, 5.74) is 2.32. The van der Waals surface area contributed by atoms with E-state index in [1.165, 1.54) is 23.5 Å². The van der Waals surface area contributed by atoms with E-state index in [1.54, 1.807) is 26.4 Å². The van der Waals surface area contributed by atoms with Crippen molar-refractivity contribution in [3.05, 3.63) is 75.4 Å². The summed E-state index contributed by atoms with van der Waals surface area (Å²) in [5, 5.41) is 2.41. The van der Waals surface area contributed by atoms with Crippen LogP contribution in [0.5, 0.6) is 11.5 Å². The minimum absolute atomic E-state index is 0.201. The number of thiophene rings is 1. The Balaban J connectivity index is 1.59. The Bertz CT molecular complexity index is 1270. The molecule has 0 aliphatic carbocycles. The molecule has 2 heterocycles. The maximum absolute atomic E-state index is 13.2. The van der Waals surface area contributed by atoms with E-state index in [9.17, 15) is 9.18 Å². The largest absolute Gasteiger partial charge is 0.493 e. The standard InChI is InChI=1S/C23H22FN3O3S/c1-27(11-15-5-4-6-18(29-2)21(15)30-3)12-19-25-22(28)20-17(13-31-23(20)26-19)14-7-9-16(24)10-8-14/h4-10,13H,11-12H2,1-3H3,(H,25,26,28). The molecule has 31 heavy (non-hydrogen) atoms.